The van der Waals surface area contributed by atoms with Crippen LogP contribution < -0.4 is 10.2 Å². The Bertz CT molecular complexity index is 1380. The number of esters is 1. The number of carbonyl (C=O) groups is 3. The van der Waals surface area contributed by atoms with Crippen LogP contribution in [0.5, 0.6) is 0 Å². The van der Waals surface area contributed by atoms with Crippen LogP contribution in [0.4, 0.5) is 11.4 Å². The molecule has 0 aliphatic carbocycles. The van der Waals surface area contributed by atoms with Crippen LogP contribution in [0.3, 0.4) is 0 Å². The molecule has 4 rings (SSSR count). The number of amides is 2. The number of nitrogens with zero attached hydrogens (tertiary/aromatic N) is 1. The average molecular weight is 464 g/mol. The smallest absolute Gasteiger partial charge is 0.337 e. The molecule has 0 atom stereocenters. The number of sulfone groups is 1. The van der Waals surface area contributed by atoms with E-state index in [4.69, 9.17) is 4.74 Å². The Kier molecular flexibility index (Phi) is 5.73. The van der Waals surface area contributed by atoms with Crippen molar-refractivity contribution in [2.24, 2.45) is 0 Å². The van der Waals surface area contributed by atoms with Crippen LogP contribution in [0, 0.1) is 6.92 Å². The third-order valence-electron chi connectivity index (χ3n) is 5.25. The molecule has 0 spiro atoms. The number of methoxy groups -OCH3 is 1. The van der Waals surface area contributed by atoms with E-state index in [0.29, 0.717) is 5.69 Å². The van der Waals surface area contributed by atoms with Gasteiger partial charge in [0.05, 0.1) is 33.7 Å². The number of nitrogens with one attached hydrogen (secondary N) is 1. The van der Waals surface area contributed by atoms with Gasteiger partial charge < -0.3 is 10.1 Å². The molecule has 168 valence electrons. The fourth-order valence-corrected chi connectivity index (χ4v) is 5.22. The number of aryl methyl sites for hydroxylation is 1. The van der Waals surface area contributed by atoms with E-state index in [2.05, 4.69) is 5.32 Å². The standard InChI is InChI=1S/C24H20N2O6S/c1-15-7-10-17(11-8-15)25-22(27)14-26-19-13-16(24(29)32-2)9-12-21(19)33(30,31)20-6-4-3-5-18(20)23(26)28/h3-13H,14H2,1-2H3,(H,25,27). The number of ether oxygens (including phenoxy) is 1. The Hall–Kier alpha value is -3.98. The predicted molar refractivity (Wildman–Crippen MR) is 121 cm³/mol. The maximum Gasteiger partial charge on any atom is 0.337 e. The van der Waals surface area contributed by atoms with E-state index in [1.54, 1.807) is 18.2 Å². The van der Waals surface area contributed by atoms with Crippen molar-refractivity contribution < 1.29 is 27.5 Å². The molecule has 1 aliphatic heterocycles. The summed E-state index contributed by atoms with van der Waals surface area (Å²) in [6.07, 6.45) is 0. The van der Waals surface area contributed by atoms with Gasteiger partial charge in [0.25, 0.3) is 5.91 Å². The van der Waals surface area contributed by atoms with Crippen molar-refractivity contribution >= 4 is 39.0 Å². The molecule has 0 aromatic heterocycles. The molecule has 33 heavy (non-hydrogen) atoms. The molecule has 9 heteroatoms. The molecule has 1 N–H and O–H groups in total. The quantitative estimate of drug-likeness (QED) is 0.594. The molecule has 0 unspecified atom stereocenters. The summed E-state index contributed by atoms with van der Waals surface area (Å²) in [5, 5.41) is 2.71. The maximum atomic E-state index is 13.4. The SMILES string of the molecule is COC(=O)c1ccc2c(c1)N(CC(=O)Nc1ccc(C)cc1)C(=O)c1ccccc1S2(=O)=O. The Morgan fingerprint density at radius 3 is 2.36 bits per heavy atom. The highest BCUT2D eigenvalue weighted by molar-refractivity contribution is 7.91. The van der Waals surface area contributed by atoms with Crippen LogP contribution in [0.15, 0.2) is 76.5 Å². The number of hydrogen-bond acceptors (Lipinski definition) is 6. The van der Waals surface area contributed by atoms with Crippen molar-refractivity contribution in [1.82, 2.24) is 0 Å². The van der Waals surface area contributed by atoms with Crippen LogP contribution in [-0.4, -0.2) is 39.9 Å². The van der Waals surface area contributed by atoms with Crippen LogP contribution in [0.25, 0.3) is 0 Å². The number of anilines is 2. The third kappa shape index (κ3) is 4.10. The van der Waals surface area contributed by atoms with Gasteiger partial charge >= 0.3 is 5.97 Å². The molecular weight excluding hydrogens is 444 g/mol. The Morgan fingerprint density at radius 1 is 0.970 bits per heavy atom. The predicted octanol–water partition coefficient (Wildman–Crippen LogP) is 3.21. The largest absolute Gasteiger partial charge is 0.465 e. The van der Waals surface area contributed by atoms with Crippen molar-refractivity contribution in [1.29, 1.82) is 0 Å². The third-order valence-corrected chi connectivity index (χ3v) is 7.11. The van der Waals surface area contributed by atoms with Gasteiger partial charge in [0, 0.05) is 5.69 Å². The number of hydrogen-bond donors (Lipinski definition) is 1. The topological polar surface area (TPSA) is 110 Å². The summed E-state index contributed by atoms with van der Waals surface area (Å²) < 4.78 is 31.5. The van der Waals surface area contributed by atoms with Gasteiger partial charge in [-0.1, -0.05) is 29.8 Å². The van der Waals surface area contributed by atoms with Crippen LogP contribution >= 0.6 is 0 Å². The number of rotatable bonds is 4. The summed E-state index contributed by atoms with van der Waals surface area (Å²) >= 11 is 0. The van der Waals surface area contributed by atoms with Crippen LogP contribution in [0.1, 0.15) is 26.3 Å². The first-order valence-electron chi connectivity index (χ1n) is 9.97. The zero-order valence-electron chi connectivity index (χ0n) is 17.9. The monoisotopic (exact) mass is 464 g/mol. The average Bonchev–Trinajstić information content (AvgIpc) is 2.88. The minimum atomic E-state index is -4.10. The summed E-state index contributed by atoms with van der Waals surface area (Å²) in [4.78, 5) is 39.1. The van der Waals surface area contributed by atoms with Gasteiger partial charge in [-0.05, 0) is 49.4 Å². The van der Waals surface area contributed by atoms with E-state index in [0.717, 1.165) is 10.5 Å². The highest BCUT2D eigenvalue weighted by atomic mass is 32.2. The van der Waals surface area contributed by atoms with Gasteiger partial charge in [0.15, 0.2) is 0 Å². The van der Waals surface area contributed by atoms with Gasteiger partial charge in [-0.25, -0.2) is 13.2 Å². The second-order valence-corrected chi connectivity index (χ2v) is 9.37. The van der Waals surface area contributed by atoms with Crippen LogP contribution in [0.2, 0.25) is 0 Å². The first-order valence-corrected chi connectivity index (χ1v) is 11.5. The number of carbonyl (C=O) groups excluding carboxylic acids is 3. The van der Waals surface area contributed by atoms with E-state index in [-0.39, 0.29) is 26.6 Å². The van der Waals surface area contributed by atoms with Gasteiger partial charge in [-0.15, -0.1) is 0 Å². The molecule has 0 fully saturated rings. The van der Waals surface area contributed by atoms with E-state index in [1.807, 2.05) is 19.1 Å². The molecule has 0 saturated heterocycles. The molecule has 2 amide bonds. The molecule has 1 heterocycles. The normalized spacial score (nSPS) is 14.0. The van der Waals surface area contributed by atoms with E-state index in [9.17, 15) is 22.8 Å². The molecule has 1 aliphatic rings. The van der Waals surface area contributed by atoms with E-state index >= 15 is 0 Å². The molecular formula is C24H20N2O6S. The van der Waals surface area contributed by atoms with Crippen molar-refractivity contribution in [3.05, 3.63) is 83.4 Å². The van der Waals surface area contributed by atoms with Crippen LogP contribution in [-0.2, 0) is 19.4 Å². The summed E-state index contributed by atoms with van der Waals surface area (Å²) in [6.45, 7) is 1.45. The van der Waals surface area contributed by atoms with E-state index in [1.165, 1.54) is 43.5 Å². The first-order chi connectivity index (χ1) is 15.7. The zero-order valence-corrected chi connectivity index (χ0v) is 18.7. The lowest BCUT2D eigenvalue weighted by molar-refractivity contribution is -0.114. The highest BCUT2D eigenvalue weighted by Gasteiger charge is 2.36. The molecule has 3 aromatic rings. The maximum absolute atomic E-state index is 13.4. The van der Waals surface area contributed by atoms with Gasteiger partial charge in [-0.3, -0.25) is 14.5 Å². The van der Waals surface area contributed by atoms with Gasteiger partial charge in [0.2, 0.25) is 15.7 Å². The van der Waals surface area contributed by atoms with E-state index < -0.39 is 34.2 Å². The Morgan fingerprint density at radius 2 is 1.67 bits per heavy atom. The van der Waals surface area contributed by atoms with Gasteiger partial charge in [0.1, 0.15) is 6.54 Å². The van der Waals surface area contributed by atoms with Crippen molar-refractivity contribution in [3.8, 4) is 0 Å². The Labute approximate surface area is 190 Å². The molecule has 0 radical (unpaired) electrons. The highest BCUT2D eigenvalue weighted by Crippen LogP contribution is 2.37. The number of fused-ring (bicyclic) bond motifs is 2. The Balaban J connectivity index is 1.82. The van der Waals surface area contributed by atoms with Crippen molar-refractivity contribution in [2.45, 2.75) is 16.7 Å². The lowest BCUT2D eigenvalue weighted by Crippen LogP contribution is -2.38. The fourth-order valence-electron chi connectivity index (χ4n) is 3.59. The minimum absolute atomic E-state index is 0.0501. The molecule has 3 aromatic carbocycles. The zero-order chi connectivity index (χ0) is 23.8. The second kappa shape index (κ2) is 8.51. The van der Waals surface area contributed by atoms with Crippen molar-refractivity contribution in [3.63, 3.8) is 0 Å². The summed E-state index contributed by atoms with van der Waals surface area (Å²) in [7, 11) is -2.91. The number of benzene rings is 3. The summed E-state index contributed by atoms with van der Waals surface area (Å²) in [5.41, 5.74) is 1.47. The lowest BCUT2D eigenvalue weighted by Gasteiger charge is -2.22. The van der Waals surface area contributed by atoms with Gasteiger partial charge in [-0.2, -0.15) is 0 Å². The van der Waals surface area contributed by atoms with Crippen molar-refractivity contribution in [2.75, 3.05) is 23.9 Å². The second-order valence-electron chi connectivity index (χ2n) is 7.48. The fraction of sp³-hybridized carbons (Fsp3) is 0.125. The lowest BCUT2D eigenvalue weighted by atomic mass is 10.1. The molecule has 0 saturated carbocycles. The minimum Gasteiger partial charge on any atom is -0.465 e. The summed E-state index contributed by atoms with van der Waals surface area (Å²) in [5.74, 6) is -1.90. The first kappa shape index (κ1) is 22.2. The molecule has 8 nitrogen and oxygen atoms in total. The summed E-state index contributed by atoms with van der Waals surface area (Å²) in [6, 6.07) is 16.7. The molecule has 0 bridgehead atoms.